The number of hydrogen-bond donors (Lipinski definition) is 2. The van der Waals surface area contributed by atoms with Crippen molar-refractivity contribution in [2.75, 3.05) is 17.5 Å². The van der Waals surface area contributed by atoms with Gasteiger partial charge < -0.3 is 5.32 Å². The van der Waals surface area contributed by atoms with Crippen molar-refractivity contribution in [1.29, 1.82) is 0 Å². The van der Waals surface area contributed by atoms with Crippen molar-refractivity contribution in [2.24, 2.45) is 10.2 Å². The number of fused-ring (bicyclic) bond motifs is 1. The van der Waals surface area contributed by atoms with E-state index in [1.165, 1.54) is 11.1 Å². The van der Waals surface area contributed by atoms with E-state index in [1.54, 1.807) is 12.1 Å². The second-order valence-electron chi connectivity index (χ2n) is 10.6. The van der Waals surface area contributed by atoms with Crippen LogP contribution in [0.3, 0.4) is 0 Å². The fourth-order valence-electron chi connectivity index (χ4n) is 5.43. The first-order chi connectivity index (χ1) is 21.4. The number of nitrogens with one attached hydrogen (secondary N) is 2. The van der Waals surface area contributed by atoms with Crippen molar-refractivity contribution in [3.63, 3.8) is 0 Å². The maximum Gasteiger partial charge on any atom is 0.253 e. The lowest BCUT2D eigenvalue weighted by molar-refractivity contribution is -0.125. The summed E-state index contributed by atoms with van der Waals surface area (Å²) in [5.74, 6) is -0.680. The highest BCUT2D eigenvalue weighted by Crippen LogP contribution is 2.42. The van der Waals surface area contributed by atoms with Gasteiger partial charge in [0.05, 0.1) is 28.7 Å². The lowest BCUT2D eigenvalue weighted by Crippen LogP contribution is -2.36. The third kappa shape index (κ3) is 7.40. The predicted octanol–water partition coefficient (Wildman–Crippen LogP) is 8.63. The minimum Gasteiger partial charge on any atom is -0.359 e. The van der Waals surface area contributed by atoms with Gasteiger partial charge in [-0.1, -0.05) is 100 Å². The molecule has 2 N–H and O–H groups in total. The van der Waals surface area contributed by atoms with Crippen LogP contribution in [0.2, 0.25) is 0 Å². The fraction of sp³-hybridized carbons (Fsp3) is 0.297. The summed E-state index contributed by atoms with van der Waals surface area (Å²) in [6.07, 6.45) is 3.80. The van der Waals surface area contributed by atoms with E-state index in [4.69, 9.17) is 0 Å². The van der Waals surface area contributed by atoms with Crippen LogP contribution < -0.4 is 15.8 Å². The molecule has 0 saturated carbocycles. The number of carbonyl (C=O) groups is 2. The molecule has 4 aromatic carbocycles. The summed E-state index contributed by atoms with van der Waals surface area (Å²) in [4.78, 5) is 25.1. The Labute approximate surface area is 261 Å². The monoisotopic (exact) mass is 589 g/mol. The van der Waals surface area contributed by atoms with Crippen LogP contribution in [0.25, 0.3) is 0 Å². The van der Waals surface area contributed by atoms with Crippen LogP contribution in [0, 0.1) is 0 Å². The molecule has 7 nitrogen and oxygen atoms in total. The van der Waals surface area contributed by atoms with Gasteiger partial charge in [-0.3, -0.25) is 15.0 Å². The van der Waals surface area contributed by atoms with E-state index in [-0.39, 0.29) is 18.2 Å². The number of hydrazine groups is 1. The number of carbonyl (C=O) groups excluding carboxylic acids is 2. The molecule has 0 radical (unpaired) electrons. The average molecular weight is 590 g/mol. The summed E-state index contributed by atoms with van der Waals surface area (Å²) < 4.78 is 0. The number of nitrogens with zero attached hydrogens (tertiary/aromatic N) is 3. The first kappa shape index (κ1) is 32.1. The second-order valence-corrected chi connectivity index (χ2v) is 10.6. The highest BCUT2D eigenvalue weighted by molar-refractivity contribution is 6.08. The van der Waals surface area contributed by atoms with Crippen LogP contribution >= 0.6 is 0 Å². The van der Waals surface area contributed by atoms with Gasteiger partial charge in [0.1, 0.15) is 0 Å². The largest absolute Gasteiger partial charge is 0.359 e. The molecule has 1 aliphatic heterocycles. The normalized spacial score (nSPS) is 13.8. The zero-order chi connectivity index (χ0) is 31.5. The van der Waals surface area contributed by atoms with Gasteiger partial charge in [-0.25, -0.2) is 5.01 Å². The van der Waals surface area contributed by atoms with Crippen LogP contribution in [0.1, 0.15) is 67.9 Å². The Morgan fingerprint density at radius 1 is 0.682 bits per heavy atom. The van der Waals surface area contributed by atoms with E-state index in [1.807, 2.05) is 72.8 Å². The van der Waals surface area contributed by atoms with Crippen LogP contribution in [0.15, 0.2) is 101 Å². The Balaban J connectivity index is 0.000000215. The minimum absolute atomic E-state index is 0.0876. The van der Waals surface area contributed by atoms with Crippen LogP contribution in [-0.4, -0.2) is 18.9 Å². The molecule has 44 heavy (non-hydrogen) atoms. The topological polar surface area (TPSA) is 86.2 Å². The molecule has 0 aliphatic carbocycles. The molecule has 0 saturated heterocycles. The Bertz CT molecular complexity index is 1560. The molecule has 1 atom stereocenters. The van der Waals surface area contributed by atoms with Crippen molar-refractivity contribution in [2.45, 2.75) is 65.7 Å². The molecule has 0 aromatic heterocycles. The molecule has 7 heteroatoms. The minimum atomic E-state index is -0.460. The molecule has 5 rings (SSSR count). The van der Waals surface area contributed by atoms with Crippen molar-refractivity contribution in [3.8, 4) is 0 Å². The van der Waals surface area contributed by atoms with E-state index >= 15 is 0 Å². The summed E-state index contributed by atoms with van der Waals surface area (Å²) in [6.45, 7) is 8.43. The molecule has 0 bridgehead atoms. The van der Waals surface area contributed by atoms with Gasteiger partial charge in [-0.15, -0.1) is 0 Å². The number of aryl methyl sites for hydroxylation is 4. The fourth-order valence-corrected chi connectivity index (χ4v) is 5.43. The second kappa shape index (κ2) is 15.6. The number of hydrogen-bond acceptors (Lipinski definition) is 5. The average Bonchev–Trinajstić information content (AvgIpc) is 3.34. The van der Waals surface area contributed by atoms with Gasteiger partial charge in [-0.05, 0) is 71.7 Å². The van der Waals surface area contributed by atoms with Crippen LogP contribution in [0.5, 0.6) is 0 Å². The van der Waals surface area contributed by atoms with E-state index < -0.39 is 5.92 Å². The van der Waals surface area contributed by atoms with Crippen molar-refractivity contribution in [1.82, 2.24) is 5.32 Å². The van der Waals surface area contributed by atoms with E-state index in [0.29, 0.717) is 0 Å². The molecule has 4 aromatic rings. The first-order valence-corrected chi connectivity index (χ1v) is 15.5. The van der Waals surface area contributed by atoms with Gasteiger partial charge in [0, 0.05) is 13.5 Å². The number of azo groups is 1. The van der Waals surface area contributed by atoms with Gasteiger partial charge in [0.15, 0.2) is 0 Å². The summed E-state index contributed by atoms with van der Waals surface area (Å²) in [7, 11) is 1.60. The number of rotatable bonds is 10. The van der Waals surface area contributed by atoms with Gasteiger partial charge in [0.2, 0.25) is 5.91 Å². The van der Waals surface area contributed by atoms with Crippen molar-refractivity contribution in [3.05, 3.63) is 119 Å². The molecule has 0 fully saturated rings. The predicted molar refractivity (Wildman–Crippen MR) is 180 cm³/mol. The molecule has 0 spiro atoms. The quantitative estimate of drug-likeness (QED) is 0.182. The molecule has 2 amide bonds. The highest BCUT2D eigenvalue weighted by atomic mass is 16.2. The van der Waals surface area contributed by atoms with E-state index in [0.717, 1.165) is 65.1 Å². The molecule has 1 aliphatic rings. The van der Waals surface area contributed by atoms with E-state index in [2.05, 4.69) is 66.9 Å². The summed E-state index contributed by atoms with van der Waals surface area (Å²) in [6, 6.07) is 30.2. The Hall–Kier alpha value is -4.78. The van der Waals surface area contributed by atoms with Crippen LogP contribution in [0.4, 0.5) is 22.7 Å². The van der Waals surface area contributed by atoms with Crippen LogP contribution in [-0.2, 0) is 35.3 Å². The molecule has 1 unspecified atom stereocenters. The number of amides is 2. The molecular formula is C37H43N5O2. The number of benzene rings is 4. The molecule has 1 heterocycles. The smallest absolute Gasteiger partial charge is 0.253 e. The standard InChI is InChI=1S/C21H25N3O2.C16H18N2/c1-4-14-9-6-7-12-18(14)23-24-20-15(5-2)10-8-11-16(20)17(21(24)26)13-19(25)22-3;1-3-13-9-5-7-11-15(13)17-18-16-12-8-6-10-14(16)4-2/h6-12,17,23H,4-5,13H2,1-3H3,(H,22,25);5-12H,3-4H2,1-2H3. The Morgan fingerprint density at radius 3 is 1.73 bits per heavy atom. The van der Waals surface area contributed by atoms with Gasteiger partial charge in [0.25, 0.3) is 5.91 Å². The number of anilines is 2. The lowest BCUT2D eigenvalue weighted by Gasteiger charge is -2.23. The molecular weight excluding hydrogens is 546 g/mol. The third-order valence-electron chi connectivity index (χ3n) is 7.96. The van der Waals surface area contributed by atoms with E-state index in [9.17, 15) is 9.59 Å². The summed E-state index contributed by atoms with van der Waals surface area (Å²) in [5, 5.41) is 13.0. The third-order valence-corrected chi connectivity index (χ3v) is 7.96. The first-order valence-electron chi connectivity index (χ1n) is 15.5. The Kier molecular flexibility index (Phi) is 11.4. The lowest BCUT2D eigenvalue weighted by atomic mass is 9.95. The maximum absolute atomic E-state index is 13.2. The van der Waals surface area contributed by atoms with Crippen molar-refractivity contribution < 1.29 is 9.59 Å². The highest BCUT2D eigenvalue weighted by Gasteiger charge is 2.40. The van der Waals surface area contributed by atoms with Gasteiger partial charge in [-0.2, -0.15) is 10.2 Å². The zero-order valence-electron chi connectivity index (χ0n) is 26.4. The van der Waals surface area contributed by atoms with Gasteiger partial charge >= 0.3 is 0 Å². The van der Waals surface area contributed by atoms with Crippen molar-refractivity contribution >= 4 is 34.6 Å². The summed E-state index contributed by atoms with van der Waals surface area (Å²) >= 11 is 0. The Morgan fingerprint density at radius 2 is 1.18 bits per heavy atom. The maximum atomic E-state index is 13.2. The summed E-state index contributed by atoms with van der Waals surface area (Å²) in [5.41, 5.74) is 12.7. The zero-order valence-corrected chi connectivity index (χ0v) is 26.4. The number of para-hydroxylation sites is 2. The molecule has 228 valence electrons. The SMILES string of the molecule is CCc1ccccc1N=Nc1ccccc1CC.CCc1ccccc1NN1C(=O)C(CC(=O)NC)c2cccc(CC)c21.